The van der Waals surface area contributed by atoms with Crippen molar-refractivity contribution in [2.45, 2.75) is 33.6 Å². The molecule has 0 amide bonds. The van der Waals surface area contributed by atoms with Crippen molar-refractivity contribution in [2.24, 2.45) is 0 Å². The highest BCUT2D eigenvalue weighted by Gasteiger charge is 2.13. The topological polar surface area (TPSA) is 12.5 Å². The first-order valence-corrected chi connectivity index (χ1v) is 6.51. The first-order chi connectivity index (χ1) is 7.86. The van der Waals surface area contributed by atoms with Crippen LogP contribution < -0.4 is 0 Å². The summed E-state index contributed by atoms with van der Waals surface area (Å²) in [6.07, 6.45) is 7.06. The SMILES string of the molecule is CC.CC1=C(CN2CCOCC2)C=CCC1. The Hall–Kier alpha value is -0.600. The van der Waals surface area contributed by atoms with Crippen LogP contribution in [0.4, 0.5) is 0 Å². The van der Waals surface area contributed by atoms with Gasteiger partial charge in [0.05, 0.1) is 13.2 Å². The molecule has 1 aliphatic carbocycles. The lowest BCUT2D eigenvalue weighted by molar-refractivity contribution is 0.0425. The second-order valence-electron chi connectivity index (χ2n) is 4.14. The van der Waals surface area contributed by atoms with E-state index in [9.17, 15) is 0 Å². The molecular weight excluding hydrogens is 198 g/mol. The van der Waals surface area contributed by atoms with E-state index >= 15 is 0 Å². The van der Waals surface area contributed by atoms with Gasteiger partial charge in [0.2, 0.25) is 0 Å². The van der Waals surface area contributed by atoms with E-state index < -0.39 is 0 Å². The number of ether oxygens (including phenoxy) is 1. The fraction of sp³-hybridized carbons (Fsp3) is 0.714. The zero-order chi connectivity index (χ0) is 11.8. The summed E-state index contributed by atoms with van der Waals surface area (Å²) in [4.78, 5) is 2.48. The van der Waals surface area contributed by atoms with Crippen molar-refractivity contribution in [1.29, 1.82) is 0 Å². The van der Waals surface area contributed by atoms with Crippen LogP contribution in [0.2, 0.25) is 0 Å². The minimum atomic E-state index is 0.899. The fourth-order valence-corrected chi connectivity index (χ4v) is 2.02. The number of nitrogens with zero attached hydrogens (tertiary/aromatic N) is 1. The first-order valence-electron chi connectivity index (χ1n) is 6.51. The summed E-state index contributed by atoms with van der Waals surface area (Å²) in [5, 5.41) is 0. The lowest BCUT2D eigenvalue weighted by Crippen LogP contribution is -2.37. The van der Waals surface area contributed by atoms with Crippen LogP contribution >= 0.6 is 0 Å². The maximum Gasteiger partial charge on any atom is 0.0594 e. The number of rotatable bonds is 2. The number of hydrogen-bond donors (Lipinski definition) is 0. The Bertz CT molecular complexity index is 249. The van der Waals surface area contributed by atoms with Crippen molar-refractivity contribution in [3.05, 3.63) is 23.3 Å². The summed E-state index contributed by atoms with van der Waals surface area (Å²) in [5.41, 5.74) is 3.09. The minimum absolute atomic E-state index is 0.899. The van der Waals surface area contributed by atoms with Crippen LogP contribution in [-0.4, -0.2) is 37.7 Å². The van der Waals surface area contributed by atoms with Crippen LogP contribution in [-0.2, 0) is 4.74 Å². The van der Waals surface area contributed by atoms with Gasteiger partial charge in [-0.1, -0.05) is 31.6 Å². The number of morpholine rings is 1. The second kappa shape index (κ2) is 7.64. The van der Waals surface area contributed by atoms with E-state index in [1.165, 1.54) is 18.4 Å². The molecule has 1 heterocycles. The van der Waals surface area contributed by atoms with Gasteiger partial charge >= 0.3 is 0 Å². The van der Waals surface area contributed by atoms with E-state index in [2.05, 4.69) is 24.0 Å². The molecule has 0 aromatic carbocycles. The molecule has 0 saturated carbocycles. The summed E-state index contributed by atoms with van der Waals surface area (Å²) in [7, 11) is 0. The Balaban J connectivity index is 0.000000606. The van der Waals surface area contributed by atoms with Gasteiger partial charge in [-0.2, -0.15) is 0 Å². The number of hydrogen-bond acceptors (Lipinski definition) is 2. The molecule has 1 aliphatic heterocycles. The van der Waals surface area contributed by atoms with Gasteiger partial charge in [-0.3, -0.25) is 4.90 Å². The highest BCUT2D eigenvalue weighted by molar-refractivity contribution is 5.29. The molecule has 1 fully saturated rings. The highest BCUT2D eigenvalue weighted by Crippen LogP contribution is 2.19. The molecule has 2 nitrogen and oxygen atoms in total. The Morgan fingerprint density at radius 2 is 1.94 bits per heavy atom. The second-order valence-corrected chi connectivity index (χ2v) is 4.14. The Kier molecular flexibility index (Phi) is 6.43. The van der Waals surface area contributed by atoms with Crippen molar-refractivity contribution < 1.29 is 4.74 Å². The molecule has 1 saturated heterocycles. The third-order valence-corrected chi connectivity index (χ3v) is 3.05. The zero-order valence-corrected chi connectivity index (χ0v) is 11.0. The maximum absolute atomic E-state index is 5.34. The molecule has 0 spiro atoms. The van der Waals surface area contributed by atoms with Gasteiger partial charge < -0.3 is 4.74 Å². The Labute approximate surface area is 100.0 Å². The van der Waals surface area contributed by atoms with Crippen molar-refractivity contribution in [3.8, 4) is 0 Å². The van der Waals surface area contributed by atoms with Gasteiger partial charge in [-0.05, 0) is 25.3 Å². The normalized spacial score (nSPS) is 21.7. The summed E-state index contributed by atoms with van der Waals surface area (Å²) in [5.74, 6) is 0. The van der Waals surface area contributed by atoms with Crippen LogP contribution in [0.1, 0.15) is 33.6 Å². The van der Waals surface area contributed by atoms with Crippen LogP contribution in [0.5, 0.6) is 0 Å². The van der Waals surface area contributed by atoms with Crippen LogP contribution in [0, 0.1) is 0 Å². The third-order valence-electron chi connectivity index (χ3n) is 3.05. The highest BCUT2D eigenvalue weighted by atomic mass is 16.5. The Morgan fingerprint density at radius 3 is 2.56 bits per heavy atom. The molecule has 2 aliphatic rings. The van der Waals surface area contributed by atoms with Crippen molar-refractivity contribution in [2.75, 3.05) is 32.8 Å². The van der Waals surface area contributed by atoms with E-state index in [-0.39, 0.29) is 0 Å². The Morgan fingerprint density at radius 1 is 1.25 bits per heavy atom. The van der Waals surface area contributed by atoms with Gasteiger partial charge in [0.1, 0.15) is 0 Å². The average Bonchev–Trinajstić information content (AvgIpc) is 2.36. The minimum Gasteiger partial charge on any atom is -0.379 e. The fourth-order valence-electron chi connectivity index (χ4n) is 2.02. The number of allylic oxidation sites excluding steroid dienone is 2. The van der Waals surface area contributed by atoms with Gasteiger partial charge in [-0.15, -0.1) is 0 Å². The molecule has 0 bridgehead atoms. The van der Waals surface area contributed by atoms with E-state index in [4.69, 9.17) is 4.74 Å². The van der Waals surface area contributed by atoms with Crippen LogP contribution in [0.3, 0.4) is 0 Å². The predicted molar refractivity (Wildman–Crippen MR) is 69.7 cm³/mol. The summed E-state index contributed by atoms with van der Waals surface area (Å²) in [6, 6.07) is 0. The molecule has 0 aromatic heterocycles. The summed E-state index contributed by atoms with van der Waals surface area (Å²) < 4.78 is 5.34. The summed E-state index contributed by atoms with van der Waals surface area (Å²) >= 11 is 0. The van der Waals surface area contributed by atoms with E-state index in [1.54, 1.807) is 5.57 Å². The van der Waals surface area contributed by atoms with E-state index in [0.717, 1.165) is 32.8 Å². The molecule has 0 N–H and O–H groups in total. The zero-order valence-electron chi connectivity index (χ0n) is 11.0. The smallest absolute Gasteiger partial charge is 0.0594 e. The van der Waals surface area contributed by atoms with Crippen molar-refractivity contribution in [3.63, 3.8) is 0 Å². The molecule has 2 heteroatoms. The van der Waals surface area contributed by atoms with Gasteiger partial charge in [0.15, 0.2) is 0 Å². The molecule has 92 valence electrons. The molecule has 0 unspecified atom stereocenters. The lowest BCUT2D eigenvalue weighted by atomic mass is 9.98. The molecule has 0 radical (unpaired) electrons. The quantitative estimate of drug-likeness (QED) is 0.713. The summed E-state index contributed by atoms with van der Waals surface area (Å²) in [6.45, 7) is 11.4. The van der Waals surface area contributed by atoms with Crippen molar-refractivity contribution in [1.82, 2.24) is 4.90 Å². The monoisotopic (exact) mass is 223 g/mol. The third kappa shape index (κ3) is 4.11. The van der Waals surface area contributed by atoms with E-state index in [0.29, 0.717) is 0 Å². The van der Waals surface area contributed by atoms with Gasteiger partial charge in [-0.25, -0.2) is 0 Å². The van der Waals surface area contributed by atoms with Gasteiger partial charge in [0.25, 0.3) is 0 Å². The van der Waals surface area contributed by atoms with Gasteiger partial charge in [0, 0.05) is 19.6 Å². The lowest BCUT2D eigenvalue weighted by Gasteiger charge is -2.28. The van der Waals surface area contributed by atoms with Crippen molar-refractivity contribution >= 4 is 0 Å². The molecule has 16 heavy (non-hydrogen) atoms. The standard InChI is InChI=1S/C12H19NO.C2H6/c1-11-4-2-3-5-12(11)10-13-6-8-14-9-7-13;1-2/h3,5H,2,4,6-10H2,1H3;1-2H3. The molecule has 0 aromatic rings. The predicted octanol–water partition coefficient (Wildman–Crippen LogP) is 3.01. The van der Waals surface area contributed by atoms with Crippen LogP contribution in [0.15, 0.2) is 23.3 Å². The van der Waals surface area contributed by atoms with Crippen LogP contribution in [0.25, 0.3) is 0 Å². The first kappa shape index (κ1) is 13.5. The van der Waals surface area contributed by atoms with E-state index in [1.807, 2.05) is 13.8 Å². The molecule has 2 rings (SSSR count). The molecular formula is C14H25NO. The average molecular weight is 223 g/mol. The largest absolute Gasteiger partial charge is 0.379 e. The molecule has 0 atom stereocenters. The maximum atomic E-state index is 5.34.